The minimum Gasteiger partial charge on any atom is -1.00 e. The number of halogens is 1. The predicted octanol–water partition coefficient (Wildman–Crippen LogP) is -0.699. The first-order valence-electron chi connectivity index (χ1n) is 7.69. The lowest BCUT2D eigenvalue weighted by molar-refractivity contribution is -0.356. The van der Waals surface area contributed by atoms with Crippen LogP contribution in [0.2, 0.25) is 0 Å². The maximum atomic E-state index is 12.4. The Morgan fingerprint density at radius 2 is 1.24 bits per heavy atom. The Morgan fingerprint density at radius 1 is 0.720 bits per heavy atom. The molecule has 5 heteroatoms. The van der Waals surface area contributed by atoms with Crippen molar-refractivity contribution in [1.82, 2.24) is 5.32 Å². The first-order chi connectivity index (χ1) is 11.8. The molecule has 0 aliphatic carbocycles. The lowest BCUT2D eigenvalue weighted by Gasteiger charge is -2.05. The van der Waals surface area contributed by atoms with Gasteiger partial charge in [0.25, 0.3) is 0 Å². The molecule has 0 aliphatic rings. The van der Waals surface area contributed by atoms with Crippen molar-refractivity contribution in [2.24, 2.45) is 0 Å². The van der Waals surface area contributed by atoms with Crippen LogP contribution in [0.1, 0.15) is 10.4 Å². The molecular formula is C20H18ClN3O. The summed E-state index contributed by atoms with van der Waals surface area (Å²) >= 11 is 0. The molecule has 3 aromatic carbocycles. The quantitative estimate of drug-likeness (QED) is 0.432. The van der Waals surface area contributed by atoms with Crippen LogP contribution in [0.5, 0.6) is 0 Å². The minimum absolute atomic E-state index is 0. The second-order valence-corrected chi connectivity index (χ2v) is 5.18. The van der Waals surface area contributed by atoms with Crippen LogP contribution in [-0.4, -0.2) is 11.9 Å². The van der Waals surface area contributed by atoms with Crippen LogP contribution in [0.25, 0.3) is 0 Å². The van der Waals surface area contributed by atoms with E-state index in [1.54, 1.807) is 12.1 Å². The van der Waals surface area contributed by atoms with E-state index in [1.165, 1.54) is 0 Å². The summed E-state index contributed by atoms with van der Waals surface area (Å²) in [5.74, 6) is 0.318. The average Bonchev–Trinajstić information content (AvgIpc) is 2.64. The maximum absolute atomic E-state index is 12.4. The predicted molar refractivity (Wildman–Crippen MR) is 96.0 cm³/mol. The summed E-state index contributed by atoms with van der Waals surface area (Å²) in [6.07, 6.45) is 0. The van der Waals surface area contributed by atoms with Crippen LogP contribution >= 0.6 is 0 Å². The zero-order valence-electron chi connectivity index (χ0n) is 13.4. The van der Waals surface area contributed by atoms with Crippen LogP contribution in [0.4, 0.5) is 11.4 Å². The van der Waals surface area contributed by atoms with Gasteiger partial charge in [0.05, 0.1) is 16.9 Å². The van der Waals surface area contributed by atoms with Crippen molar-refractivity contribution >= 4 is 23.2 Å². The molecule has 3 N–H and O–H groups in total. The molecule has 0 aliphatic heterocycles. The molecule has 126 valence electrons. The van der Waals surface area contributed by atoms with Crippen molar-refractivity contribution in [1.29, 1.82) is 0 Å². The van der Waals surface area contributed by atoms with Crippen LogP contribution in [0.3, 0.4) is 0 Å². The zero-order chi connectivity index (χ0) is 16.6. The van der Waals surface area contributed by atoms with Gasteiger partial charge < -0.3 is 12.4 Å². The van der Waals surface area contributed by atoms with Crippen molar-refractivity contribution in [3.63, 3.8) is 0 Å². The fourth-order valence-corrected chi connectivity index (χ4v) is 2.20. The number of carbonyl (C=O) groups is 1. The Balaban J connectivity index is 0.00000225. The highest BCUT2D eigenvalue weighted by molar-refractivity contribution is 6.08. The number of anilines is 1. The summed E-state index contributed by atoms with van der Waals surface area (Å²) in [5.41, 5.74) is 2.35. The highest BCUT2D eigenvalue weighted by atomic mass is 35.5. The van der Waals surface area contributed by atoms with Crippen molar-refractivity contribution < 1.29 is 22.2 Å². The topological polar surface area (TPSA) is 55.1 Å². The SMILES string of the molecule is O=C(NC(Nc1ccccc1)=[NH+]c1ccccc1)c1ccccc1.[Cl-]. The fourth-order valence-electron chi connectivity index (χ4n) is 2.20. The second kappa shape index (κ2) is 9.25. The van der Waals surface area contributed by atoms with Gasteiger partial charge in [0.1, 0.15) is 0 Å². The average molecular weight is 352 g/mol. The number of para-hydroxylation sites is 2. The normalized spacial score (nSPS) is 10.5. The van der Waals surface area contributed by atoms with Crippen LogP contribution < -0.4 is 28.0 Å². The van der Waals surface area contributed by atoms with Crippen LogP contribution in [0, 0.1) is 0 Å². The standard InChI is InChI=1S/C20H17N3O.ClH/c24-19(16-10-4-1-5-11-16)23-20(21-17-12-6-2-7-13-17)22-18-14-8-3-9-15-18;/h1-15H,(H2,21,22,23,24);1H. The number of carbonyl (C=O) groups excluding carboxylic acids is 1. The van der Waals surface area contributed by atoms with E-state index in [9.17, 15) is 4.79 Å². The first-order valence-corrected chi connectivity index (χ1v) is 7.69. The van der Waals surface area contributed by atoms with Gasteiger partial charge in [-0.25, -0.2) is 15.6 Å². The maximum Gasteiger partial charge on any atom is 0.360 e. The summed E-state index contributed by atoms with van der Waals surface area (Å²) in [6.45, 7) is 0. The van der Waals surface area contributed by atoms with Crippen molar-refractivity contribution in [3.8, 4) is 0 Å². The Bertz CT molecular complexity index is 821. The minimum atomic E-state index is -0.183. The molecule has 0 saturated heterocycles. The van der Waals surface area contributed by atoms with Gasteiger partial charge in [-0.1, -0.05) is 54.6 Å². The van der Waals surface area contributed by atoms with E-state index in [0.717, 1.165) is 11.4 Å². The third-order valence-corrected chi connectivity index (χ3v) is 3.36. The van der Waals surface area contributed by atoms with E-state index in [0.29, 0.717) is 11.5 Å². The molecule has 1 amide bonds. The number of amides is 1. The highest BCUT2D eigenvalue weighted by Crippen LogP contribution is 2.04. The molecule has 0 bridgehead atoms. The molecule has 0 atom stereocenters. The van der Waals surface area contributed by atoms with E-state index < -0.39 is 0 Å². The molecule has 0 fully saturated rings. The van der Waals surface area contributed by atoms with Gasteiger partial charge in [-0.2, -0.15) is 0 Å². The molecule has 0 aromatic heterocycles. The fraction of sp³-hybridized carbons (Fsp3) is 0. The summed E-state index contributed by atoms with van der Waals surface area (Å²) in [7, 11) is 0. The lowest BCUT2D eigenvalue weighted by Crippen LogP contribution is -3.00. The molecule has 0 radical (unpaired) electrons. The molecule has 0 saturated carbocycles. The third kappa shape index (κ3) is 5.48. The number of hydrogen-bond donors (Lipinski definition) is 3. The molecule has 0 heterocycles. The summed E-state index contributed by atoms with van der Waals surface area (Å²) in [6, 6.07) is 28.4. The second-order valence-electron chi connectivity index (χ2n) is 5.18. The molecule has 25 heavy (non-hydrogen) atoms. The lowest BCUT2D eigenvalue weighted by atomic mass is 10.2. The summed E-state index contributed by atoms with van der Waals surface area (Å²) < 4.78 is 0. The Labute approximate surface area is 153 Å². The van der Waals surface area contributed by atoms with Gasteiger partial charge in [0, 0.05) is 0 Å². The molecule has 3 aromatic rings. The zero-order valence-corrected chi connectivity index (χ0v) is 14.2. The van der Waals surface area contributed by atoms with E-state index in [-0.39, 0.29) is 18.3 Å². The Hall–Kier alpha value is -3.11. The van der Waals surface area contributed by atoms with Gasteiger partial charge in [-0.3, -0.25) is 4.79 Å². The van der Waals surface area contributed by atoms with E-state index >= 15 is 0 Å². The van der Waals surface area contributed by atoms with Gasteiger partial charge >= 0.3 is 11.9 Å². The molecule has 0 spiro atoms. The molecule has 4 nitrogen and oxygen atoms in total. The summed E-state index contributed by atoms with van der Waals surface area (Å²) in [4.78, 5) is 15.6. The van der Waals surface area contributed by atoms with E-state index in [2.05, 4.69) is 15.6 Å². The number of rotatable bonds is 3. The largest absolute Gasteiger partial charge is 1.00 e. The van der Waals surface area contributed by atoms with Crippen molar-refractivity contribution in [2.75, 3.05) is 5.32 Å². The first kappa shape index (κ1) is 18.2. The number of guanidine groups is 1. The van der Waals surface area contributed by atoms with E-state index in [4.69, 9.17) is 0 Å². The van der Waals surface area contributed by atoms with Gasteiger partial charge in [-0.05, 0) is 36.4 Å². The summed E-state index contributed by atoms with van der Waals surface area (Å²) in [5, 5.41) is 6.09. The number of hydrogen-bond acceptors (Lipinski definition) is 1. The number of nitrogens with one attached hydrogen (secondary N) is 3. The molecule has 3 rings (SSSR count). The number of benzene rings is 3. The van der Waals surface area contributed by atoms with Crippen molar-refractivity contribution in [2.45, 2.75) is 0 Å². The van der Waals surface area contributed by atoms with Crippen LogP contribution in [0.15, 0.2) is 91.0 Å². The molecular weight excluding hydrogens is 334 g/mol. The Morgan fingerprint density at radius 3 is 1.84 bits per heavy atom. The van der Waals surface area contributed by atoms with Gasteiger partial charge in [-0.15, -0.1) is 0 Å². The Kier molecular flexibility index (Phi) is 6.75. The third-order valence-electron chi connectivity index (χ3n) is 3.36. The monoisotopic (exact) mass is 351 g/mol. The van der Waals surface area contributed by atoms with Crippen molar-refractivity contribution in [3.05, 3.63) is 96.6 Å². The van der Waals surface area contributed by atoms with Crippen LogP contribution in [-0.2, 0) is 0 Å². The van der Waals surface area contributed by atoms with Gasteiger partial charge in [0.15, 0.2) is 0 Å². The smallest absolute Gasteiger partial charge is 0.360 e. The van der Waals surface area contributed by atoms with Gasteiger partial charge in [0.2, 0.25) is 0 Å². The van der Waals surface area contributed by atoms with E-state index in [1.807, 2.05) is 78.9 Å². The molecule has 0 unspecified atom stereocenters. The highest BCUT2D eigenvalue weighted by Gasteiger charge is 2.15.